The van der Waals surface area contributed by atoms with Crippen LogP contribution in [0.2, 0.25) is 0 Å². The highest BCUT2D eigenvalue weighted by Crippen LogP contribution is 2.73. The van der Waals surface area contributed by atoms with Crippen molar-refractivity contribution >= 4 is 15.7 Å². The number of carbonyl (C=O) groups excluding carboxylic acids is 1. The summed E-state index contributed by atoms with van der Waals surface area (Å²) in [7, 11) is -2.85. The Labute approximate surface area is 306 Å². The van der Waals surface area contributed by atoms with Gasteiger partial charge in [-0.15, -0.1) is 0 Å². The molecule has 8 heteroatoms. The standard InChI is InChI=1S/C42H73N3O4S/c1-30(2)31-10-12-34(43-22-23-45-24-26-50(48,49)27-25-45)16-20-41(8)33(28-31)11-13-36-40(7)19-15-32(14-18-38(3,4)29-37(46)44-47)39(5,6)35(40)17-21-42(36,41)9/h15,31,33-36,43,47H,1,10-14,16-29H2,2-9H3,(H,44,46). The Kier molecular flexibility index (Phi) is 11.9. The van der Waals surface area contributed by atoms with E-state index in [4.69, 9.17) is 5.21 Å². The second kappa shape index (κ2) is 14.9. The van der Waals surface area contributed by atoms with E-state index >= 15 is 0 Å². The van der Waals surface area contributed by atoms with Crippen LogP contribution in [-0.2, 0) is 14.6 Å². The van der Waals surface area contributed by atoms with Crippen LogP contribution >= 0.6 is 0 Å². The maximum absolute atomic E-state index is 12.0. The predicted octanol–water partition coefficient (Wildman–Crippen LogP) is 8.34. The molecule has 1 aliphatic heterocycles. The number of hydroxylamine groups is 1. The maximum atomic E-state index is 12.0. The summed E-state index contributed by atoms with van der Waals surface area (Å²) in [5.74, 6) is 2.95. The van der Waals surface area contributed by atoms with Gasteiger partial charge in [0.1, 0.15) is 0 Å². The number of rotatable bonds is 10. The average Bonchev–Trinajstić information content (AvgIpc) is 3.09. The Morgan fingerprint density at radius 1 is 0.980 bits per heavy atom. The third kappa shape index (κ3) is 7.99. The highest BCUT2D eigenvalue weighted by Gasteiger charge is 2.65. The van der Waals surface area contributed by atoms with Crippen LogP contribution in [0.4, 0.5) is 0 Å². The molecule has 0 bridgehead atoms. The van der Waals surface area contributed by atoms with Crippen molar-refractivity contribution in [3.05, 3.63) is 23.8 Å². The molecular formula is C42H73N3O4S. The van der Waals surface area contributed by atoms with Gasteiger partial charge in [-0.25, -0.2) is 13.9 Å². The second-order valence-electron chi connectivity index (χ2n) is 19.8. The zero-order chi connectivity index (χ0) is 36.8. The molecule has 286 valence electrons. The number of nitrogens with one attached hydrogen (secondary N) is 2. The monoisotopic (exact) mass is 716 g/mol. The number of fused-ring (bicyclic) bond motifs is 5. The van der Waals surface area contributed by atoms with Crippen LogP contribution in [-0.4, -0.2) is 68.2 Å². The summed E-state index contributed by atoms with van der Waals surface area (Å²) in [5.41, 5.74) is 5.56. The minimum absolute atomic E-state index is 0.123. The average molecular weight is 716 g/mol. The summed E-state index contributed by atoms with van der Waals surface area (Å²) in [5, 5.41) is 13.1. The van der Waals surface area contributed by atoms with E-state index in [2.05, 4.69) is 78.3 Å². The minimum atomic E-state index is -2.85. The minimum Gasteiger partial charge on any atom is -0.313 e. The Balaban J connectivity index is 1.33. The summed E-state index contributed by atoms with van der Waals surface area (Å²) >= 11 is 0. The summed E-state index contributed by atoms with van der Waals surface area (Å²) in [6.45, 7) is 27.4. The number of hydrogen-bond acceptors (Lipinski definition) is 6. The number of nitrogens with zero attached hydrogens (tertiary/aromatic N) is 1. The number of sulfone groups is 1. The molecule has 0 radical (unpaired) electrons. The molecule has 5 rings (SSSR count). The SMILES string of the molecule is C=C(C)C1CCC(NCCN2CCS(=O)(=O)CC2)CCC2(C)C(CCC3C4(C)CC=C(CCC(C)(C)CC(=O)NO)C(C)(C)C4CCC32C)C1. The number of amides is 1. The van der Waals surface area contributed by atoms with Gasteiger partial charge in [0.25, 0.3) is 0 Å². The van der Waals surface area contributed by atoms with Gasteiger partial charge in [-0.2, -0.15) is 0 Å². The first-order valence-electron chi connectivity index (χ1n) is 20.2. The molecule has 4 fully saturated rings. The lowest BCUT2D eigenvalue weighted by molar-refractivity contribution is -0.197. The lowest BCUT2D eigenvalue weighted by Crippen LogP contribution is -2.62. The summed E-state index contributed by atoms with van der Waals surface area (Å²) in [6.07, 6.45) is 17.5. The Morgan fingerprint density at radius 2 is 1.66 bits per heavy atom. The fourth-order valence-corrected chi connectivity index (χ4v) is 13.8. The van der Waals surface area contributed by atoms with E-state index < -0.39 is 9.84 Å². The zero-order valence-electron chi connectivity index (χ0n) is 33.1. The zero-order valence-corrected chi connectivity index (χ0v) is 34.0. The van der Waals surface area contributed by atoms with Crippen LogP contribution in [0.25, 0.3) is 0 Å². The van der Waals surface area contributed by atoms with E-state index in [9.17, 15) is 13.2 Å². The Bertz CT molecular complexity index is 1370. The van der Waals surface area contributed by atoms with E-state index in [0.717, 1.165) is 38.3 Å². The lowest BCUT2D eigenvalue weighted by atomic mass is 9.35. The first kappa shape index (κ1) is 40.0. The van der Waals surface area contributed by atoms with Gasteiger partial charge < -0.3 is 10.2 Å². The van der Waals surface area contributed by atoms with Gasteiger partial charge in [-0.1, -0.05) is 72.3 Å². The van der Waals surface area contributed by atoms with Crippen molar-refractivity contribution in [3.8, 4) is 0 Å². The van der Waals surface area contributed by atoms with Gasteiger partial charge in [-0.05, 0) is 135 Å². The molecule has 50 heavy (non-hydrogen) atoms. The molecular weight excluding hydrogens is 643 g/mol. The number of allylic oxidation sites excluding steroid dienone is 3. The molecule has 7 nitrogen and oxygen atoms in total. The van der Waals surface area contributed by atoms with Gasteiger partial charge in [0.15, 0.2) is 9.84 Å². The van der Waals surface area contributed by atoms with Crippen LogP contribution in [0.15, 0.2) is 23.8 Å². The molecule has 4 aliphatic carbocycles. The van der Waals surface area contributed by atoms with E-state index in [1.807, 2.05) is 5.48 Å². The fraction of sp³-hybridized carbons (Fsp3) is 0.881. The van der Waals surface area contributed by atoms with Crippen molar-refractivity contribution in [1.82, 2.24) is 15.7 Å². The summed E-state index contributed by atoms with van der Waals surface area (Å²) in [6, 6.07) is 0.489. The van der Waals surface area contributed by atoms with Gasteiger partial charge in [0.2, 0.25) is 5.91 Å². The summed E-state index contributed by atoms with van der Waals surface area (Å²) in [4.78, 5) is 14.3. The Morgan fingerprint density at radius 3 is 2.32 bits per heavy atom. The molecule has 5 aliphatic rings. The molecule has 8 unspecified atom stereocenters. The predicted molar refractivity (Wildman–Crippen MR) is 206 cm³/mol. The third-order valence-electron chi connectivity index (χ3n) is 16.1. The number of carbonyl (C=O) groups is 1. The molecule has 0 aromatic carbocycles. The van der Waals surface area contributed by atoms with Gasteiger partial charge >= 0.3 is 0 Å². The lowest BCUT2D eigenvalue weighted by Gasteiger charge is -2.70. The first-order valence-corrected chi connectivity index (χ1v) is 22.0. The Hall–Kier alpha value is -1.22. The van der Waals surface area contributed by atoms with Crippen molar-refractivity contribution in [1.29, 1.82) is 0 Å². The normalized spacial score (nSPS) is 39.0. The molecule has 1 heterocycles. The molecule has 0 spiro atoms. The van der Waals surface area contributed by atoms with Crippen molar-refractivity contribution in [2.45, 2.75) is 145 Å². The second-order valence-corrected chi connectivity index (χ2v) is 22.1. The van der Waals surface area contributed by atoms with E-state index in [-0.39, 0.29) is 33.0 Å². The quantitative estimate of drug-likeness (QED) is 0.120. The number of hydrogen-bond donors (Lipinski definition) is 3. The smallest absolute Gasteiger partial charge is 0.243 e. The molecule has 1 saturated heterocycles. The first-order chi connectivity index (χ1) is 23.3. The van der Waals surface area contributed by atoms with E-state index in [1.165, 1.54) is 63.4 Å². The molecule has 3 saturated carbocycles. The maximum Gasteiger partial charge on any atom is 0.243 e. The fourth-order valence-electron chi connectivity index (χ4n) is 12.6. The van der Waals surface area contributed by atoms with Crippen molar-refractivity contribution in [2.24, 2.45) is 50.7 Å². The van der Waals surface area contributed by atoms with Crippen LogP contribution in [0, 0.1) is 50.7 Å². The molecule has 1 amide bonds. The third-order valence-corrected chi connectivity index (χ3v) is 17.7. The molecule has 0 aromatic heterocycles. The highest BCUT2D eigenvalue weighted by atomic mass is 32.2. The van der Waals surface area contributed by atoms with Crippen molar-refractivity contribution in [3.63, 3.8) is 0 Å². The van der Waals surface area contributed by atoms with Crippen LogP contribution in [0.3, 0.4) is 0 Å². The van der Waals surface area contributed by atoms with Gasteiger partial charge in [-0.3, -0.25) is 10.0 Å². The summed E-state index contributed by atoms with van der Waals surface area (Å²) < 4.78 is 23.9. The van der Waals surface area contributed by atoms with E-state index in [1.54, 1.807) is 5.57 Å². The van der Waals surface area contributed by atoms with Crippen molar-refractivity contribution < 1.29 is 18.4 Å². The van der Waals surface area contributed by atoms with Crippen LogP contribution in [0.5, 0.6) is 0 Å². The largest absolute Gasteiger partial charge is 0.313 e. The molecule has 3 N–H and O–H groups in total. The van der Waals surface area contributed by atoms with E-state index in [0.29, 0.717) is 54.8 Å². The molecule has 8 atom stereocenters. The van der Waals surface area contributed by atoms with Crippen LogP contribution in [0.1, 0.15) is 139 Å². The van der Waals surface area contributed by atoms with Crippen molar-refractivity contribution in [2.75, 3.05) is 37.7 Å². The van der Waals surface area contributed by atoms with Gasteiger partial charge in [0, 0.05) is 38.6 Å². The highest BCUT2D eigenvalue weighted by molar-refractivity contribution is 7.91. The van der Waals surface area contributed by atoms with Gasteiger partial charge in [0.05, 0.1) is 11.5 Å². The van der Waals surface area contributed by atoms with Crippen LogP contribution < -0.4 is 10.8 Å². The molecule has 0 aromatic rings. The topological polar surface area (TPSA) is 98.7 Å².